The first kappa shape index (κ1) is 32.2. The van der Waals surface area contributed by atoms with E-state index >= 15 is 0 Å². The highest BCUT2D eigenvalue weighted by Crippen LogP contribution is 2.39. The summed E-state index contributed by atoms with van der Waals surface area (Å²) in [6.45, 7) is 13.7. The van der Waals surface area contributed by atoms with E-state index in [1.165, 1.54) is 0 Å². The Balaban J connectivity index is 2.27. The minimum Gasteiger partial charge on any atom is -0.444 e. The molecule has 0 aliphatic carbocycles. The number of anilines is 2. The Morgan fingerprint density at radius 2 is 1.46 bits per heavy atom. The van der Waals surface area contributed by atoms with Gasteiger partial charge in [0.1, 0.15) is 35.2 Å². The van der Waals surface area contributed by atoms with E-state index in [0.717, 1.165) is 4.90 Å². The molecule has 41 heavy (non-hydrogen) atoms. The van der Waals surface area contributed by atoms with Crippen LogP contribution in [0.5, 0.6) is 0 Å². The van der Waals surface area contributed by atoms with Crippen LogP contribution in [0.25, 0.3) is 0 Å². The summed E-state index contributed by atoms with van der Waals surface area (Å²) in [5.74, 6) is -2.02. The van der Waals surface area contributed by atoms with Gasteiger partial charge in [-0.25, -0.2) is 19.3 Å². The molecule has 2 amide bonds. The molecule has 5 unspecified atom stereocenters. The molecule has 0 bridgehead atoms. The summed E-state index contributed by atoms with van der Waals surface area (Å²) in [5, 5.41) is 33.4. The first-order chi connectivity index (χ1) is 18.6. The highest BCUT2D eigenvalue weighted by Gasteiger charge is 2.53. The number of fused-ring (bicyclic) bond motifs is 2. The number of carbonyl (C=O) groups is 3. The number of rotatable bonds is 2. The van der Waals surface area contributed by atoms with Crippen molar-refractivity contribution in [1.29, 1.82) is 0 Å². The monoisotopic (exact) mass is 584 g/mol. The van der Waals surface area contributed by atoms with Crippen molar-refractivity contribution in [3.05, 3.63) is 15.9 Å². The summed E-state index contributed by atoms with van der Waals surface area (Å²) in [5.41, 5.74) is -4.23. The number of amides is 2. The third-order valence-corrected chi connectivity index (χ3v) is 5.89. The van der Waals surface area contributed by atoms with Crippen LogP contribution in [0.1, 0.15) is 67.9 Å². The van der Waals surface area contributed by atoms with E-state index < -0.39 is 83.7 Å². The van der Waals surface area contributed by atoms with E-state index in [0.29, 0.717) is 4.57 Å². The molecule has 4 N–H and O–H groups in total. The third-order valence-electron chi connectivity index (χ3n) is 5.89. The van der Waals surface area contributed by atoms with Crippen molar-refractivity contribution >= 4 is 30.0 Å². The zero-order valence-corrected chi connectivity index (χ0v) is 24.8. The molecule has 0 radical (unpaired) electrons. The summed E-state index contributed by atoms with van der Waals surface area (Å²) in [4.78, 5) is 58.5. The molecule has 5 atom stereocenters. The second kappa shape index (κ2) is 11.2. The first-order valence-electron chi connectivity index (χ1n) is 13.2. The molecule has 15 nitrogen and oxygen atoms in total. The van der Waals surface area contributed by atoms with Crippen molar-refractivity contribution in [2.24, 2.45) is 5.92 Å². The van der Waals surface area contributed by atoms with Crippen molar-refractivity contribution < 1.29 is 48.7 Å². The van der Waals surface area contributed by atoms with Gasteiger partial charge in [-0.1, -0.05) is 0 Å². The molecule has 3 rings (SSSR count). The summed E-state index contributed by atoms with van der Waals surface area (Å²) < 4.78 is 22.5. The van der Waals surface area contributed by atoms with E-state index in [1.807, 2.05) is 0 Å². The molecular weight excluding hydrogens is 544 g/mol. The average Bonchev–Trinajstić information content (AvgIpc) is 2.76. The Kier molecular flexibility index (Phi) is 8.80. The Labute approximate surface area is 237 Å². The Morgan fingerprint density at radius 1 is 0.927 bits per heavy atom. The van der Waals surface area contributed by atoms with Crippen LogP contribution >= 0.6 is 0 Å². The molecular formula is C26H40N4O11. The SMILES string of the molecule is CC(C)(C)OC(=O)Nc1nc2c(c(=O)n1C(=O)OC(C)(C)C)CC1C(O)C(O)C(CO)OC1N2C(=O)OC(C)(C)C. The number of nitrogens with one attached hydrogen (secondary N) is 1. The van der Waals surface area contributed by atoms with Gasteiger partial charge in [0.15, 0.2) is 5.82 Å². The number of ether oxygens (including phenoxy) is 4. The van der Waals surface area contributed by atoms with Gasteiger partial charge in [0.2, 0.25) is 5.95 Å². The predicted molar refractivity (Wildman–Crippen MR) is 144 cm³/mol. The van der Waals surface area contributed by atoms with Gasteiger partial charge in [-0.2, -0.15) is 9.55 Å². The second-order valence-electron chi connectivity index (χ2n) is 12.9. The number of aromatic nitrogens is 2. The second-order valence-corrected chi connectivity index (χ2v) is 12.9. The molecule has 0 spiro atoms. The normalized spacial score (nSPS) is 24.6. The number of carbonyl (C=O) groups excluding carboxylic acids is 3. The lowest BCUT2D eigenvalue weighted by Gasteiger charge is -2.48. The predicted octanol–water partition coefficient (Wildman–Crippen LogP) is 1.73. The molecule has 1 aromatic rings. The van der Waals surface area contributed by atoms with Crippen LogP contribution in [-0.4, -0.2) is 91.1 Å². The minimum absolute atomic E-state index is 0.213. The van der Waals surface area contributed by atoms with Crippen LogP contribution in [0.15, 0.2) is 4.79 Å². The Bertz CT molecular complexity index is 1240. The molecule has 1 saturated heterocycles. The standard InChI is InChI=1S/C26H40N4O11/c1-24(2,3)39-21(35)28-20-27-17-13(18(34)30(20)23(37)41-26(7,8)9)10-12-15(32)16(33)14(11-31)38-19(12)29(17)22(36)40-25(4,5)6/h12,14-16,19,31-33H,10-11H2,1-9H3,(H,27,28,35). The smallest absolute Gasteiger partial charge is 0.424 e. The van der Waals surface area contributed by atoms with Crippen LogP contribution in [-0.2, 0) is 25.4 Å². The highest BCUT2D eigenvalue weighted by atomic mass is 16.6. The molecule has 15 heteroatoms. The number of hydrogen-bond donors (Lipinski definition) is 4. The van der Waals surface area contributed by atoms with Crippen LogP contribution in [0, 0.1) is 5.92 Å². The van der Waals surface area contributed by atoms with Gasteiger partial charge < -0.3 is 34.3 Å². The van der Waals surface area contributed by atoms with E-state index in [9.17, 15) is 34.5 Å². The van der Waals surface area contributed by atoms with Crippen molar-refractivity contribution in [3.8, 4) is 0 Å². The van der Waals surface area contributed by atoms with E-state index in [1.54, 1.807) is 62.3 Å². The van der Waals surface area contributed by atoms with Gasteiger partial charge in [0.25, 0.3) is 5.56 Å². The van der Waals surface area contributed by atoms with E-state index in [-0.39, 0.29) is 17.8 Å². The summed E-state index contributed by atoms with van der Waals surface area (Å²) >= 11 is 0. The maximum atomic E-state index is 13.9. The summed E-state index contributed by atoms with van der Waals surface area (Å²) in [6, 6.07) is 0. The van der Waals surface area contributed by atoms with Gasteiger partial charge in [-0.05, 0) is 68.7 Å². The fourth-order valence-corrected chi connectivity index (χ4v) is 4.36. The lowest BCUT2D eigenvalue weighted by molar-refractivity contribution is -0.209. The maximum absolute atomic E-state index is 13.9. The van der Waals surface area contributed by atoms with Gasteiger partial charge in [0, 0.05) is 5.92 Å². The van der Waals surface area contributed by atoms with Crippen molar-refractivity contribution in [1.82, 2.24) is 9.55 Å². The Morgan fingerprint density at radius 3 is 1.98 bits per heavy atom. The topological polar surface area (TPSA) is 199 Å². The van der Waals surface area contributed by atoms with Crippen molar-refractivity contribution in [2.75, 3.05) is 16.8 Å². The van der Waals surface area contributed by atoms with Gasteiger partial charge in [-0.3, -0.25) is 10.1 Å². The summed E-state index contributed by atoms with van der Waals surface area (Å²) in [7, 11) is 0. The van der Waals surface area contributed by atoms with Crippen LogP contribution in [0.3, 0.4) is 0 Å². The lowest BCUT2D eigenvalue weighted by atomic mass is 9.82. The van der Waals surface area contributed by atoms with Crippen LogP contribution in [0.4, 0.5) is 26.1 Å². The number of nitrogens with zero attached hydrogens (tertiary/aromatic N) is 3. The molecule has 3 heterocycles. The quantitative estimate of drug-likeness (QED) is 0.368. The third kappa shape index (κ3) is 7.33. The van der Waals surface area contributed by atoms with Crippen LogP contribution < -0.4 is 15.8 Å². The van der Waals surface area contributed by atoms with Gasteiger partial charge in [-0.15, -0.1) is 0 Å². The lowest BCUT2D eigenvalue weighted by Crippen LogP contribution is -2.65. The first-order valence-corrected chi connectivity index (χ1v) is 13.2. The summed E-state index contributed by atoms with van der Waals surface area (Å²) in [6.07, 6.45) is -9.25. The zero-order valence-electron chi connectivity index (χ0n) is 24.8. The largest absolute Gasteiger partial charge is 0.444 e. The number of hydrogen-bond acceptors (Lipinski definition) is 12. The molecule has 2 aliphatic heterocycles. The molecule has 0 aromatic carbocycles. The van der Waals surface area contributed by atoms with E-state index in [2.05, 4.69) is 10.3 Å². The highest BCUT2D eigenvalue weighted by molar-refractivity contribution is 5.91. The molecule has 230 valence electrons. The Hall–Kier alpha value is -3.27. The molecule has 1 fully saturated rings. The zero-order chi connectivity index (χ0) is 31.2. The molecule has 0 saturated carbocycles. The van der Waals surface area contributed by atoms with Gasteiger partial charge >= 0.3 is 18.3 Å². The minimum atomic E-state index is -1.54. The van der Waals surface area contributed by atoms with Crippen LogP contribution in [0.2, 0.25) is 0 Å². The average molecular weight is 585 g/mol. The van der Waals surface area contributed by atoms with Crippen molar-refractivity contribution in [2.45, 2.75) is 110 Å². The fourth-order valence-electron chi connectivity index (χ4n) is 4.36. The number of aliphatic hydroxyl groups excluding tert-OH is 3. The molecule has 1 aromatic heterocycles. The fraction of sp³-hybridized carbons (Fsp3) is 0.731. The molecule has 2 aliphatic rings. The van der Waals surface area contributed by atoms with Crippen molar-refractivity contribution in [3.63, 3.8) is 0 Å². The maximum Gasteiger partial charge on any atom is 0.424 e. The number of aliphatic hydroxyl groups is 3. The van der Waals surface area contributed by atoms with E-state index in [4.69, 9.17) is 18.9 Å². The van der Waals surface area contributed by atoms with Gasteiger partial charge in [0.05, 0.1) is 18.3 Å².